The first-order valence-electron chi connectivity index (χ1n) is 7.10. The number of hydrogen-bond donors (Lipinski definition) is 1. The highest BCUT2D eigenvalue weighted by molar-refractivity contribution is 5.48. The van der Waals surface area contributed by atoms with Crippen molar-refractivity contribution in [3.8, 4) is 0 Å². The van der Waals surface area contributed by atoms with Crippen LogP contribution in [0.4, 0.5) is 14.5 Å². The normalized spacial score (nSPS) is 18.4. The Kier molecular flexibility index (Phi) is 3.88. The molecule has 0 aliphatic carbocycles. The second-order valence-electron chi connectivity index (χ2n) is 5.39. The molecule has 1 aliphatic rings. The van der Waals surface area contributed by atoms with E-state index >= 15 is 0 Å². The van der Waals surface area contributed by atoms with Crippen LogP contribution < -0.4 is 10.6 Å². The average molecular weight is 292 g/mol. The van der Waals surface area contributed by atoms with Crippen LogP contribution in [-0.4, -0.2) is 22.4 Å². The van der Waals surface area contributed by atoms with Gasteiger partial charge < -0.3 is 10.6 Å². The third-order valence-electron chi connectivity index (χ3n) is 3.88. The van der Waals surface area contributed by atoms with Gasteiger partial charge in [-0.15, -0.1) is 0 Å². The van der Waals surface area contributed by atoms with Crippen molar-refractivity contribution in [3.05, 3.63) is 47.8 Å². The van der Waals surface area contributed by atoms with E-state index in [1.807, 2.05) is 10.9 Å². The highest BCUT2D eigenvalue weighted by Crippen LogP contribution is 2.27. The molecule has 21 heavy (non-hydrogen) atoms. The van der Waals surface area contributed by atoms with Gasteiger partial charge in [0, 0.05) is 42.6 Å². The lowest BCUT2D eigenvalue weighted by molar-refractivity contribution is 0.507. The van der Waals surface area contributed by atoms with Crippen LogP contribution in [0.25, 0.3) is 0 Å². The van der Waals surface area contributed by atoms with Gasteiger partial charge in [-0.3, -0.25) is 4.68 Å². The molecule has 1 fully saturated rings. The first-order chi connectivity index (χ1) is 10.2. The van der Waals surface area contributed by atoms with Crippen molar-refractivity contribution < 1.29 is 8.78 Å². The van der Waals surface area contributed by atoms with Gasteiger partial charge in [0.1, 0.15) is 11.6 Å². The molecule has 0 saturated carbocycles. The van der Waals surface area contributed by atoms with E-state index in [0.29, 0.717) is 18.8 Å². The summed E-state index contributed by atoms with van der Waals surface area (Å²) in [6.07, 6.45) is 5.66. The Balaban J connectivity index is 1.78. The van der Waals surface area contributed by atoms with E-state index in [1.54, 1.807) is 6.20 Å². The third kappa shape index (κ3) is 3.05. The summed E-state index contributed by atoms with van der Waals surface area (Å²) >= 11 is 0. The van der Waals surface area contributed by atoms with Crippen LogP contribution in [0.3, 0.4) is 0 Å². The summed E-state index contributed by atoms with van der Waals surface area (Å²) in [5, 5.41) is 4.28. The minimum atomic E-state index is -0.542. The standard InChI is InChI=1S/C15H18F2N4/c16-12-4-13(17)6-15(5-12)21-3-1-2-14(21)10-20-9-11(7-18)8-19-20/h4-6,8-9,14H,1-3,7,10,18H2/t14-/m0/s1. The molecule has 0 radical (unpaired) electrons. The van der Waals surface area contributed by atoms with Crippen LogP contribution >= 0.6 is 0 Å². The molecule has 1 saturated heterocycles. The quantitative estimate of drug-likeness (QED) is 0.940. The predicted octanol–water partition coefficient (Wildman–Crippen LogP) is 2.29. The minimum absolute atomic E-state index is 0.191. The lowest BCUT2D eigenvalue weighted by atomic mass is 10.2. The average Bonchev–Trinajstić information content (AvgIpc) is 3.07. The van der Waals surface area contributed by atoms with Gasteiger partial charge in [0.15, 0.2) is 0 Å². The molecule has 2 aromatic rings. The Morgan fingerprint density at radius 3 is 2.67 bits per heavy atom. The molecule has 2 N–H and O–H groups in total. The van der Waals surface area contributed by atoms with Crippen molar-refractivity contribution in [1.29, 1.82) is 0 Å². The van der Waals surface area contributed by atoms with Crippen LogP contribution in [-0.2, 0) is 13.1 Å². The molecule has 1 aromatic heterocycles. The van der Waals surface area contributed by atoms with E-state index in [0.717, 1.165) is 31.0 Å². The Morgan fingerprint density at radius 2 is 2.00 bits per heavy atom. The lowest BCUT2D eigenvalue weighted by Gasteiger charge is -2.27. The fraction of sp³-hybridized carbons (Fsp3) is 0.400. The van der Waals surface area contributed by atoms with Crippen LogP contribution in [0, 0.1) is 11.6 Å². The third-order valence-corrected chi connectivity index (χ3v) is 3.88. The van der Waals surface area contributed by atoms with Gasteiger partial charge >= 0.3 is 0 Å². The fourth-order valence-corrected chi connectivity index (χ4v) is 2.90. The molecule has 6 heteroatoms. The Morgan fingerprint density at radius 1 is 1.24 bits per heavy atom. The summed E-state index contributed by atoms with van der Waals surface area (Å²) < 4.78 is 28.6. The van der Waals surface area contributed by atoms with E-state index in [2.05, 4.69) is 10.00 Å². The maximum Gasteiger partial charge on any atom is 0.128 e. The number of nitrogens with two attached hydrogens (primary N) is 1. The molecular weight excluding hydrogens is 274 g/mol. The number of anilines is 1. The summed E-state index contributed by atoms with van der Waals surface area (Å²) in [7, 11) is 0. The summed E-state index contributed by atoms with van der Waals surface area (Å²) in [6, 6.07) is 3.86. The van der Waals surface area contributed by atoms with Crippen LogP contribution in [0.2, 0.25) is 0 Å². The van der Waals surface area contributed by atoms with Gasteiger partial charge in [0.2, 0.25) is 0 Å². The van der Waals surface area contributed by atoms with Crippen molar-refractivity contribution >= 4 is 5.69 Å². The Hall–Kier alpha value is -1.95. The molecule has 4 nitrogen and oxygen atoms in total. The van der Waals surface area contributed by atoms with Gasteiger partial charge in [-0.1, -0.05) is 0 Å². The molecule has 0 unspecified atom stereocenters. The largest absolute Gasteiger partial charge is 0.367 e. The highest BCUT2D eigenvalue weighted by atomic mass is 19.1. The number of nitrogens with zero attached hydrogens (tertiary/aromatic N) is 3. The van der Waals surface area contributed by atoms with E-state index in [4.69, 9.17) is 5.73 Å². The monoisotopic (exact) mass is 292 g/mol. The van der Waals surface area contributed by atoms with E-state index in [1.165, 1.54) is 12.1 Å². The minimum Gasteiger partial charge on any atom is -0.367 e. The number of halogens is 2. The van der Waals surface area contributed by atoms with Crippen molar-refractivity contribution in [2.45, 2.75) is 32.0 Å². The van der Waals surface area contributed by atoms with Crippen LogP contribution in [0.5, 0.6) is 0 Å². The van der Waals surface area contributed by atoms with Gasteiger partial charge in [-0.05, 0) is 25.0 Å². The fourth-order valence-electron chi connectivity index (χ4n) is 2.90. The van der Waals surface area contributed by atoms with Crippen LogP contribution in [0.1, 0.15) is 18.4 Å². The maximum absolute atomic E-state index is 13.4. The number of hydrogen-bond acceptors (Lipinski definition) is 3. The zero-order valence-corrected chi connectivity index (χ0v) is 11.7. The summed E-state index contributed by atoms with van der Waals surface area (Å²) in [5.41, 5.74) is 7.16. The summed E-state index contributed by atoms with van der Waals surface area (Å²) in [6.45, 7) is 1.96. The van der Waals surface area contributed by atoms with E-state index in [-0.39, 0.29) is 6.04 Å². The molecule has 3 rings (SSSR count). The SMILES string of the molecule is NCc1cnn(C[C@@H]2CCCN2c2cc(F)cc(F)c2)c1. The zero-order chi connectivity index (χ0) is 14.8. The van der Waals surface area contributed by atoms with Crippen molar-refractivity contribution in [2.24, 2.45) is 5.73 Å². The molecule has 1 atom stereocenters. The number of aromatic nitrogens is 2. The van der Waals surface area contributed by atoms with Crippen LogP contribution in [0.15, 0.2) is 30.6 Å². The number of rotatable bonds is 4. The smallest absolute Gasteiger partial charge is 0.128 e. The number of benzene rings is 1. The molecule has 2 heterocycles. The summed E-state index contributed by atoms with van der Waals surface area (Å²) in [4.78, 5) is 2.05. The molecule has 1 aliphatic heterocycles. The first kappa shape index (κ1) is 14.0. The molecule has 0 bridgehead atoms. The van der Waals surface area contributed by atoms with Gasteiger partial charge in [-0.25, -0.2) is 8.78 Å². The predicted molar refractivity (Wildman–Crippen MR) is 76.8 cm³/mol. The topological polar surface area (TPSA) is 47.1 Å². The molecule has 112 valence electrons. The second-order valence-corrected chi connectivity index (χ2v) is 5.39. The Labute approximate surface area is 122 Å². The van der Waals surface area contributed by atoms with Crippen molar-refractivity contribution in [2.75, 3.05) is 11.4 Å². The van der Waals surface area contributed by atoms with E-state index in [9.17, 15) is 8.78 Å². The van der Waals surface area contributed by atoms with Crippen molar-refractivity contribution in [3.63, 3.8) is 0 Å². The first-order valence-corrected chi connectivity index (χ1v) is 7.10. The van der Waals surface area contributed by atoms with E-state index < -0.39 is 11.6 Å². The molecule has 0 spiro atoms. The van der Waals surface area contributed by atoms with Gasteiger partial charge in [0.05, 0.1) is 12.7 Å². The molecule has 0 amide bonds. The maximum atomic E-state index is 13.4. The molecule has 1 aromatic carbocycles. The lowest BCUT2D eigenvalue weighted by Crippen LogP contribution is -2.33. The van der Waals surface area contributed by atoms with Gasteiger partial charge in [-0.2, -0.15) is 5.10 Å². The van der Waals surface area contributed by atoms with Gasteiger partial charge in [0.25, 0.3) is 0 Å². The second kappa shape index (κ2) is 5.81. The highest BCUT2D eigenvalue weighted by Gasteiger charge is 2.26. The Bertz CT molecular complexity index is 606. The summed E-state index contributed by atoms with van der Waals surface area (Å²) in [5.74, 6) is -1.08. The molecular formula is C15H18F2N4. The van der Waals surface area contributed by atoms with Crippen molar-refractivity contribution in [1.82, 2.24) is 9.78 Å². The zero-order valence-electron chi connectivity index (χ0n) is 11.7.